The predicted octanol–water partition coefficient (Wildman–Crippen LogP) is 1.27. The number of aryl methyl sites for hydroxylation is 2. The molecule has 132 valence electrons. The average Bonchev–Trinajstić information content (AvgIpc) is 3.14. The number of amides is 2. The summed E-state index contributed by atoms with van der Waals surface area (Å²) in [5.41, 5.74) is 2.41. The Bertz CT molecular complexity index is 729. The second kappa shape index (κ2) is 7.92. The third kappa shape index (κ3) is 4.65. The Morgan fingerprint density at radius 1 is 1.32 bits per heavy atom. The second-order valence-corrected chi connectivity index (χ2v) is 6.37. The molecular weight excluding hydrogens is 320 g/mol. The van der Waals surface area contributed by atoms with Gasteiger partial charge in [0.05, 0.1) is 12.5 Å². The van der Waals surface area contributed by atoms with Crippen molar-refractivity contribution in [3.63, 3.8) is 0 Å². The van der Waals surface area contributed by atoms with Crippen LogP contribution in [-0.4, -0.2) is 46.2 Å². The van der Waals surface area contributed by atoms with Crippen molar-refractivity contribution < 1.29 is 14.2 Å². The quantitative estimate of drug-likeness (QED) is 0.819. The zero-order valence-corrected chi connectivity index (χ0v) is 14.3. The van der Waals surface area contributed by atoms with Crippen molar-refractivity contribution in [2.75, 3.05) is 13.1 Å². The molecule has 1 aromatic carbocycles. The van der Waals surface area contributed by atoms with Gasteiger partial charge in [0, 0.05) is 19.5 Å². The summed E-state index contributed by atoms with van der Waals surface area (Å²) in [7, 11) is 0. The minimum atomic E-state index is -0.164. The molecule has 0 spiro atoms. The summed E-state index contributed by atoms with van der Waals surface area (Å²) < 4.78 is 4.59. The third-order valence-corrected chi connectivity index (χ3v) is 4.39. The summed E-state index contributed by atoms with van der Waals surface area (Å²) in [6.45, 7) is 3.02. The number of nitrogens with one attached hydrogen (secondary N) is 1. The summed E-state index contributed by atoms with van der Waals surface area (Å²) in [4.78, 5) is 26.0. The molecule has 25 heavy (non-hydrogen) atoms. The van der Waals surface area contributed by atoms with Gasteiger partial charge < -0.3 is 10.2 Å². The van der Waals surface area contributed by atoms with Crippen molar-refractivity contribution in [2.45, 2.75) is 38.6 Å². The first kappa shape index (κ1) is 17.1. The molecule has 0 bridgehead atoms. The van der Waals surface area contributed by atoms with E-state index in [-0.39, 0.29) is 24.3 Å². The van der Waals surface area contributed by atoms with Gasteiger partial charge in [-0.05, 0) is 25.3 Å². The molecule has 2 amide bonds. The number of hydrogen-bond donors (Lipinski definition) is 1. The lowest BCUT2D eigenvalue weighted by Crippen LogP contribution is -2.38. The highest BCUT2D eigenvalue weighted by Gasteiger charge is 2.30. The molecule has 0 radical (unpaired) electrons. The molecule has 2 aromatic rings. The second-order valence-electron chi connectivity index (χ2n) is 6.37. The van der Waals surface area contributed by atoms with Crippen LogP contribution in [0.2, 0.25) is 0 Å². The van der Waals surface area contributed by atoms with Gasteiger partial charge in [-0.1, -0.05) is 40.6 Å². The average molecular weight is 342 g/mol. The summed E-state index contributed by atoms with van der Waals surface area (Å²) in [6, 6.07) is 10.1. The normalized spacial score (nSPS) is 17.1. The van der Waals surface area contributed by atoms with Crippen LogP contribution in [0.1, 0.15) is 29.8 Å². The van der Waals surface area contributed by atoms with E-state index in [9.17, 15) is 9.59 Å². The Morgan fingerprint density at radius 3 is 2.84 bits per heavy atom. The zero-order valence-electron chi connectivity index (χ0n) is 14.3. The van der Waals surface area contributed by atoms with E-state index in [0.29, 0.717) is 30.9 Å². The summed E-state index contributed by atoms with van der Waals surface area (Å²) in [6.07, 6.45) is 2.33. The number of likely N-dealkylation sites (tertiary alicyclic amines) is 1. The molecule has 1 N–H and O–H groups in total. The molecular formula is C18H22N4O3. The maximum Gasteiger partial charge on any atom is 0.226 e. The van der Waals surface area contributed by atoms with Crippen LogP contribution < -0.4 is 5.32 Å². The molecule has 3 rings (SSSR count). The van der Waals surface area contributed by atoms with E-state index in [4.69, 9.17) is 0 Å². The minimum absolute atomic E-state index is 0.0950. The molecule has 1 aliphatic heterocycles. The molecule has 1 aliphatic rings. The largest absolute Gasteiger partial charge is 0.351 e. The number of aromatic nitrogens is 2. The third-order valence-electron chi connectivity index (χ3n) is 4.39. The maximum atomic E-state index is 12.1. The Labute approximate surface area is 146 Å². The number of carbonyl (C=O) groups excluding carboxylic acids is 2. The number of rotatable bonds is 7. The molecule has 7 heteroatoms. The lowest BCUT2D eigenvalue weighted by molar-refractivity contribution is -0.127. The minimum Gasteiger partial charge on any atom is -0.351 e. The summed E-state index contributed by atoms with van der Waals surface area (Å²) >= 11 is 0. The zero-order chi connectivity index (χ0) is 17.6. The van der Waals surface area contributed by atoms with Gasteiger partial charge >= 0.3 is 0 Å². The molecule has 1 aromatic heterocycles. The fourth-order valence-corrected chi connectivity index (χ4v) is 3.04. The summed E-state index contributed by atoms with van der Waals surface area (Å²) in [5.74, 6) is -0.0691. The van der Waals surface area contributed by atoms with Crippen LogP contribution in [-0.2, 0) is 22.4 Å². The lowest BCUT2D eigenvalue weighted by Gasteiger charge is -2.17. The van der Waals surface area contributed by atoms with Crippen molar-refractivity contribution in [2.24, 2.45) is 0 Å². The molecule has 1 unspecified atom stereocenters. The van der Waals surface area contributed by atoms with Gasteiger partial charge in [-0.2, -0.15) is 0 Å². The number of nitrogens with zero attached hydrogens (tertiary/aromatic N) is 3. The van der Waals surface area contributed by atoms with Crippen molar-refractivity contribution in [1.82, 2.24) is 20.5 Å². The first-order valence-electron chi connectivity index (χ1n) is 8.51. The highest BCUT2D eigenvalue weighted by Crippen LogP contribution is 2.13. The van der Waals surface area contributed by atoms with Crippen LogP contribution in [0.3, 0.4) is 0 Å². The monoisotopic (exact) mass is 342 g/mol. The van der Waals surface area contributed by atoms with Crippen molar-refractivity contribution in [3.8, 4) is 0 Å². The molecule has 2 heterocycles. The first-order valence-corrected chi connectivity index (χ1v) is 8.51. The van der Waals surface area contributed by atoms with Crippen molar-refractivity contribution >= 4 is 11.8 Å². The molecule has 7 nitrogen and oxygen atoms in total. The maximum absolute atomic E-state index is 12.1. The smallest absolute Gasteiger partial charge is 0.226 e. The SMILES string of the molecule is Cc1nonc1CC(=O)NC1CC(=O)N(CCCc2ccccc2)C1. The molecule has 0 saturated carbocycles. The first-order chi connectivity index (χ1) is 12.1. The lowest BCUT2D eigenvalue weighted by atomic mass is 10.1. The van der Waals surface area contributed by atoms with Gasteiger partial charge in [0.15, 0.2) is 0 Å². The van der Waals surface area contributed by atoms with E-state index in [1.807, 2.05) is 23.1 Å². The van der Waals surface area contributed by atoms with Gasteiger partial charge in [-0.15, -0.1) is 0 Å². The van der Waals surface area contributed by atoms with E-state index >= 15 is 0 Å². The van der Waals surface area contributed by atoms with E-state index < -0.39 is 0 Å². The van der Waals surface area contributed by atoms with Crippen LogP contribution in [0.5, 0.6) is 0 Å². The standard InChI is InChI=1S/C18H22N4O3/c1-13-16(21-25-20-13)11-17(23)19-15-10-18(24)22(12-15)9-5-8-14-6-3-2-4-7-14/h2-4,6-7,15H,5,8-12H2,1H3,(H,19,23). The number of hydrogen-bond acceptors (Lipinski definition) is 5. The van der Waals surface area contributed by atoms with E-state index in [2.05, 4.69) is 32.4 Å². The van der Waals surface area contributed by atoms with Gasteiger partial charge in [0.25, 0.3) is 0 Å². The fraction of sp³-hybridized carbons (Fsp3) is 0.444. The molecule has 1 fully saturated rings. The van der Waals surface area contributed by atoms with Crippen molar-refractivity contribution in [1.29, 1.82) is 0 Å². The van der Waals surface area contributed by atoms with E-state index in [1.54, 1.807) is 6.92 Å². The van der Waals surface area contributed by atoms with Crippen molar-refractivity contribution in [3.05, 3.63) is 47.3 Å². The van der Waals surface area contributed by atoms with E-state index in [0.717, 1.165) is 12.8 Å². The van der Waals surface area contributed by atoms with Gasteiger partial charge in [0.2, 0.25) is 11.8 Å². The number of carbonyl (C=O) groups is 2. The molecule has 0 aliphatic carbocycles. The molecule has 1 atom stereocenters. The topological polar surface area (TPSA) is 88.3 Å². The molecule has 1 saturated heterocycles. The van der Waals surface area contributed by atoms with Gasteiger partial charge in [-0.3, -0.25) is 9.59 Å². The van der Waals surface area contributed by atoms with Crippen LogP contribution in [0.15, 0.2) is 35.0 Å². The Hall–Kier alpha value is -2.70. The fourth-order valence-electron chi connectivity index (χ4n) is 3.04. The van der Waals surface area contributed by atoms with Crippen LogP contribution in [0.25, 0.3) is 0 Å². The van der Waals surface area contributed by atoms with Gasteiger partial charge in [0.1, 0.15) is 11.4 Å². The predicted molar refractivity (Wildman–Crippen MR) is 90.6 cm³/mol. The highest BCUT2D eigenvalue weighted by atomic mass is 16.6. The van der Waals surface area contributed by atoms with Gasteiger partial charge in [-0.25, -0.2) is 4.63 Å². The van der Waals surface area contributed by atoms with E-state index in [1.165, 1.54) is 5.56 Å². The Kier molecular flexibility index (Phi) is 5.42. The van der Waals surface area contributed by atoms with Crippen LogP contribution >= 0.6 is 0 Å². The van der Waals surface area contributed by atoms with Crippen LogP contribution in [0.4, 0.5) is 0 Å². The Balaban J connectivity index is 1.42. The van der Waals surface area contributed by atoms with Crippen LogP contribution in [0, 0.1) is 6.92 Å². The summed E-state index contributed by atoms with van der Waals surface area (Å²) in [5, 5.41) is 10.3. The highest BCUT2D eigenvalue weighted by molar-refractivity contribution is 5.83. The number of benzene rings is 1. The Morgan fingerprint density at radius 2 is 2.12 bits per heavy atom.